The summed E-state index contributed by atoms with van der Waals surface area (Å²) >= 11 is 3.23. The van der Waals surface area contributed by atoms with Gasteiger partial charge in [0.1, 0.15) is 5.82 Å². The molecule has 0 spiro atoms. The Morgan fingerprint density at radius 3 is 2.67 bits per heavy atom. The summed E-state index contributed by atoms with van der Waals surface area (Å²) in [7, 11) is 0. The summed E-state index contributed by atoms with van der Waals surface area (Å²) < 4.78 is 0.783. The van der Waals surface area contributed by atoms with E-state index < -0.39 is 0 Å². The summed E-state index contributed by atoms with van der Waals surface area (Å²) in [4.78, 5) is 23.5. The molecule has 2 aromatic rings. The van der Waals surface area contributed by atoms with E-state index in [-0.39, 0.29) is 12.5 Å². The Morgan fingerprint density at radius 1 is 1.22 bits per heavy atom. The summed E-state index contributed by atoms with van der Waals surface area (Å²) in [5.41, 5.74) is 0. The van der Waals surface area contributed by atoms with Gasteiger partial charge in [0.25, 0.3) is 0 Å². The molecule has 0 atom stereocenters. The highest BCUT2D eigenvalue weighted by molar-refractivity contribution is 9.10. The van der Waals surface area contributed by atoms with Crippen LogP contribution in [0.4, 0.5) is 11.8 Å². The number of nitrogens with zero attached hydrogens (tertiary/aromatic N) is 3. The molecule has 2 rings (SSSR count). The molecule has 2 aromatic heterocycles. The minimum Gasteiger partial charge on any atom is -0.345 e. The third-order valence-electron chi connectivity index (χ3n) is 1.96. The van der Waals surface area contributed by atoms with Crippen molar-refractivity contribution in [2.45, 2.75) is 0 Å². The molecule has 0 saturated carbocycles. The highest BCUT2D eigenvalue weighted by Gasteiger charge is 2.03. The van der Waals surface area contributed by atoms with Crippen LogP contribution >= 0.6 is 15.9 Å². The van der Waals surface area contributed by atoms with E-state index in [4.69, 9.17) is 0 Å². The second-order valence-corrected chi connectivity index (χ2v) is 4.26. The van der Waals surface area contributed by atoms with Crippen molar-refractivity contribution in [3.63, 3.8) is 0 Å². The van der Waals surface area contributed by atoms with Crippen molar-refractivity contribution in [3.05, 3.63) is 41.3 Å². The Balaban J connectivity index is 1.83. The second-order valence-electron chi connectivity index (χ2n) is 3.34. The molecular formula is C11H10BrN5O. The maximum absolute atomic E-state index is 11.6. The molecule has 0 aliphatic carbocycles. The van der Waals surface area contributed by atoms with Crippen molar-refractivity contribution in [1.29, 1.82) is 0 Å². The molecule has 7 heteroatoms. The van der Waals surface area contributed by atoms with Gasteiger partial charge in [-0.05, 0) is 28.1 Å². The van der Waals surface area contributed by atoms with Gasteiger partial charge in [0.05, 0.1) is 11.0 Å². The van der Waals surface area contributed by atoms with Gasteiger partial charge in [-0.2, -0.15) is 0 Å². The average Bonchev–Trinajstić information content (AvgIpc) is 2.39. The average molecular weight is 308 g/mol. The summed E-state index contributed by atoms with van der Waals surface area (Å²) in [5, 5.41) is 5.46. The van der Waals surface area contributed by atoms with Crippen LogP contribution in [0.5, 0.6) is 0 Å². The Bertz CT molecular complexity index is 517. The van der Waals surface area contributed by atoms with Crippen LogP contribution in [0.25, 0.3) is 0 Å². The monoisotopic (exact) mass is 307 g/mol. The van der Waals surface area contributed by atoms with Gasteiger partial charge in [-0.3, -0.25) is 4.79 Å². The molecule has 0 saturated heterocycles. The first-order valence-electron chi connectivity index (χ1n) is 5.16. The highest BCUT2D eigenvalue weighted by Crippen LogP contribution is 2.06. The lowest BCUT2D eigenvalue weighted by Crippen LogP contribution is -2.22. The largest absolute Gasteiger partial charge is 0.345 e. The Hall–Kier alpha value is -2.02. The van der Waals surface area contributed by atoms with Crippen molar-refractivity contribution in [2.75, 3.05) is 17.2 Å². The third-order valence-corrected chi connectivity index (χ3v) is 2.37. The van der Waals surface area contributed by atoms with Gasteiger partial charge in [-0.15, -0.1) is 0 Å². The molecule has 0 aromatic carbocycles. The van der Waals surface area contributed by atoms with E-state index >= 15 is 0 Å². The van der Waals surface area contributed by atoms with Crippen molar-refractivity contribution < 1.29 is 4.79 Å². The van der Waals surface area contributed by atoms with Gasteiger partial charge in [0, 0.05) is 18.6 Å². The molecule has 0 fully saturated rings. The van der Waals surface area contributed by atoms with Gasteiger partial charge >= 0.3 is 0 Å². The van der Waals surface area contributed by atoms with Gasteiger partial charge < -0.3 is 10.6 Å². The summed E-state index contributed by atoms with van der Waals surface area (Å²) in [6.07, 6.45) is 4.82. The Morgan fingerprint density at radius 2 is 2.00 bits per heavy atom. The summed E-state index contributed by atoms with van der Waals surface area (Å²) in [5.74, 6) is 0.704. The highest BCUT2D eigenvalue weighted by atomic mass is 79.9. The fourth-order valence-corrected chi connectivity index (χ4v) is 1.39. The first-order chi connectivity index (χ1) is 8.74. The molecule has 0 bridgehead atoms. The minimum absolute atomic E-state index is 0.0816. The Kier molecular flexibility index (Phi) is 4.19. The second kappa shape index (κ2) is 6.06. The first kappa shape index (κ1) is 12.4. The van der Waals surface area contributed by atoms with E-state index in [9.17, 15) is 4.79 Å². The molecule has 1 amide bonds. The zero-order valence-corrected chi connectivity index (χ0v) is 10.9. The lowest BCUT2D eigenvalue weighted by molar-refractivity contribution is -0.114. The maximum Gasteiger partial charge on any atom is 0.244 e. The van der Waals surface area contributed by atoms with Crippen molar-refractivity contribution in [1.82, 2.24) is 15.0 Å². The number of amides is 1. The molecule has 0 aliphatic heterocycles. The van der Waals surface area contributed by atoms with Crippen LogP contribution in [0.3, 0.4) is 0 Å². The van der Waals surface area contributed by atoms with Crippen LogP contribution in [0.1, 0.15) is 0 Å². The molecule has 2 heterocycles. The van der Waals surface area contributed by atoms with E-state index in [1.807, 2.05) is 0 Å². The number of carbonyl (C=O) groups is 1. The lowest BCUT2D eigenvalue weighted by Gasteiger charge is -2.05. The van der Waals surface area contributed by atoms with Gasteiger partial charge in [0.2, 0.25) is 11.9 Å². The van der Waals surface area contributed by atoms with E-state index in [1.165, 1.54) is 0 Å². The summed E-state index contributed by atoms with van der Waals surface area (Å²) in [6, 6.07) is 5.30. The molecular weight excluding hydrogens is 298 g/mol. The van der Waals surface area contributed by atoms with E-state index in [0.29, 0.717) is 11.8 Å². The van der Waals surface area contributed by atoms with Crippen LogP contribution in [-0.4, -0.2) is 27.4 Å². The number of nitrogens with one attached hydrogen (secondary N) is 2. The van der Waals surface area contributed by atoms with Crippen molar-refractivity contribution >= 4 is 33.6 Å². The summed E-state index contributed by atoms with van der Waals surface area (Å²) in [6.45, 7) is 0.0816. The number of halogens is 1. The van der Waals surface area contributed by atoms with Crippen LogP contribution in [0.2, 0.25) is 0 Å². The molecule has 0 aliphatic rings. The number of hydrogen-bond donors (Lipinski definition) is 2. The number of aromatic nitrogens is 3. The fraction of sp³-hybridized carbons (Fsp3) is 0.0909. The first-order valence-corrected chi connectivity index (χ1v) is 5.95. The Labute approximate surface area is 112 Å². The van der Waals surface area contributed by atoms with Crippen molar-refractivity contribution in [2.24, 2.45) is 0 Å². The quantitative estimate of drug-likeness (QED) is 0.898. The third kappa shape index (κ3) is 3.77. The van der Waals surface area contributed by atoms with Gasteiger partial charge in [-0.1, -0.05) is 6.07 Å². The molecule has 18 heavy (non-hydrogen) atoms. The molecule has 0 unspecified atom stereocenters. The van der Waals surface area contributed by atoms with Crippen LogP contribution in [0.15, 0.2) is 41.3 Å². The number of carbonyl (C=O) groups excluding carboxylic acids is 1. The predicted octanol–water partition coefficient (Wildman–Crippen LogP) is 1.68. The standard InChI is InChI=1S/C11H10BrN5O/c12-8-5-14-11(15-6-8)16-7-10(18)17-9-3-1-2-4-13-9/h1-6H,7H2,(H,13,17,18)(H,14,15,16). The predicted molar refractivity (Wildman–Crippen MR) is 71.1 cm³/mol. The SMILES string of the molecule is O=C(CNc1ncc(Br)cn1)Nc1ccccn1. The molecule has 6 nitrogen and oxygen atoms in total. The number of hydrogen-bond acceptors (Lipinski definition) is 5. The zero-order valence-electron chi connectivity index (χ0n) is 9.30. The topological polar surface area (TPSA) is 79.8 Å². The number of pyridine rings is 1. The van der Waals surface area contributed by atoms with Gasteiger partial charge in [0.15, 0.2) is 0 Å². The zero-order chi connectivity index (χ0) is 12.8. The van der Waals surface area contributed by atoms with E-state index in [0.717, 1.165) is 4.47 Å². The van der Waals surface area contributed by atoms with E-state index in [2.05, 4.69) is 41.5 Å². The normalized spacial score (nSPS) is 9.83. The van der Waals surface area contributed by atoms with Crippen molar-refractivity contribution in [3.8, 4) is 0 Å². The molecule has 2 N–H and O–H groups in total. The smallest absolute Gasteiger partial charge is 0.244 e. The van der Waals surface area contributed by atoms with E-state index in [1.54, 1.807) is 36.8 Å². The minimum atomic E-state index is -0.208. The van der Waals surface area contributed by atoms with Crippen LogP contribution < -0.4 is 10.6 Å². The number of rotatable bonds is 4. The van der Waals surface area contributed by atoms with Crippen LogP contribution in [0, 0.1) is 0 Å². The van der Waals surface area contributed by atoms with Crippen LogP contribution in [-0.2, 0) is 4.79 Å². The maximum atomic E-state index is 11.6. The fourth-order valence-electron chi connectivity index (χ4n) is 1.19. The molecule has 0 radical (unpaired) electrons. The molecule has 92 valence electrons. The van der Waals surface area contributed by atoms with Gasteiger partial charge in [-0.25, -0.2) is 15.0 Å². The number of anilines is 2. The lowest BCUT2D eigenvalue weighted by atomic mass is 10.4.